The summed E-state index contributed by atoms with van der Waals surface area (Å²) in [5, 5.41) is 22.0. The Balaban J connectivity index is 1.63. The number of benzene rings is 5. The van der Waals surface area contributed by atoms with E-state index in [0.29, 0.717) is 11.0 Å². The van der Waals surface area contributed by atoms with Crippen LogP contribution in [-0.4, -0.2) is 17.2 Å². The number of hydrogen-bond acceptors (Lipinski definition) is 3. The second kappa shape index (κ2) is 6.51. The number of rotatable bonds is 1. The molecule has 2 aliphatic rings. The Bertz CT molecular complexity index is 1780. The molecule has 0 atom stereocenters. The zero-order valence-electron chi connectivity index (χ0n) is 18.7. The van der Waals surface area contributed by atoms with Crippen LogP contribution in [0.1, 0.15) is 22.3 Å². The van der Waals surface area contributed by atoms with Crippen LogP contribution in [0.5, 0.6) is 0 Å². The first-order valence-electron chi connectivity index (χ1n) is 11.9. The third kappa shape index (κ3) is 2.15. The zero-order chi connectivity index (χ0) is 23.3. The minimum absolute atomic E-state index is 0.379. The van der Waals surface area contributed by atoms with Crippen LogP contribution in [0.2, 0.25) is 0 Å². The molecule has 35 heavy (non-hydrogen) atoms. The van der Waals surface area contributed by atoms with Crippen molar-refractivity contribution in [1.82, 2.24) is 0 Å². The molecule has 0 unspecified atom stereocenters. The van der Waals surface area contributed by atoms with Gasteiger partial charge >= 0.3 is 7.12 Å². The van der Waals surface area contributed by atoms with Crippen molar-refractivity contribution in [3.05, 3.63) is 125 Å². The second-order valence-electron chi connectivity index (χ2n) is 9.45. The van der Waals surface area contributed by atoms with Crippen LogP contribution in [0.4, 0.5) is 0 Å². The van der Waals surface area contributed by atoms with E-state index in [1.54, 1.807) is 6.07 Å². The fourth-order valence-corrected chi connectivity index (χ4v) is 6.66. The zero-order valence-corrected chi connectivity index (χ0v) is 18.7. The van der Waals surface area contributed by atoms with E-state index in [0.717, 1.165) is 27.5 Å². The quantitative estimate of drug-likeness (QED) is 0.320. The molecule has 5 aromatic carbocycles. The SMILES string of the molecule is OB(O)c1cccc2c1oc1c3c(ccc12)-c1ccccc1C31c2ccccc2-c2ccccc21. The average Bonchev–Trinajstić information content (AvgIpc) is 3.52. The predicted octanol–water partition coefficient (Wildman–Crippen LogP) is 5.61. The Kier molecular flexibility index (Phi) is 3.57. The van der Waals surface area contributed by atoms with Gasteiger partial charge in [-0.05, 0) is 45.0 Å². The molecule has 0 radical (unpaired) electrons. The number of hydrogen-bond donors (Lipinski definition) is 2. The number of furan rings is 1. The lowest BCUT2D eigenvalue weighted by Gasteiger charge is -2.30. The minimum atomic E-state index is -1.61. The van der Waals surface area contributed by atoms with E-state index in [2.05, 4.69) is 84.9 Å². The summed E-state index contributed by atoms with van der Waals surface area (Å²) in [5.74, 6) is 0. The molecular formula is C31H19BO3. The Morgan fingerprint density at radius 2 is 1.06 bits per heavy atom. The first-order valence-corrected chi connectivity index (χ1v) is 11.9. The molecule has 8 rings (SSSR count). The van der Waals surface area contributed by atoms with Crippen molar-refractivity contribution in [1.29, 1.82) is 0 Å². The maximum atomic E-state index is 10.0. The highest BCUT2D eigenvalue weighted by molar-refractivity contribution is 6.61. The van der Waals surface area contributed by atoms with Gasteiger partial charge < -0.3 is 14.5 Å². The molecule has 3 nitrogen and oxygen atoms in total. The van der Waals surface area contributed by atoms with Crippen molar-refractivity contribution in [2.24, 2.45) is 0 Å². The minimum Gasteiger partial charge on any atom is -0.456 e. The molecule has 0 amide bonds. The summed E-state index contributed by atoms with van der Waals surface area (Å²) >= 11 is 0. The highest BCUT2D eigenvalue weighted by atomic mass is 16.4. The third-order valence-corrected chi connectivity index (χ3v) is 7.92. The lowest BCUT2D eigenvalue weighted by molar-refractivity contribution is 0.425. The van der Waals surface area contributed by atoms with Crippen LogP contribution in [0.25, 0.3) is 44.2 Å². The molecule has 1 heterocycles. The first-order chi connectivity index (χ1) is 17.2. The van der Waals surface area contributed by atoms with Crippen molar-refractivity contribution in [2.45, 2.75) is 5.41 Å². The predicted molar refractivity (Wildman–Crippen MR) is 140 cm³/mol. The smallest absolute Gasteiger partial charge is 0.456 e. The summed E-state index contributed by atoms with van der Waals surface area (Å²) in [6, 6.07) is 35.9. The van der Waals surface area contributed by atoms with Crippen molar-refractivity contribution >= 4 is 34.5 Å². The van der Waals surface area contributed by atoms with Crippen LogP contribution in [0.3, 0.4) is 0 Å². The van der Waals surface area contributed by atoms with Gasteiger partial charge in [0.2, 0.25) is 0 Å². The van der Waals surface area contributed by atoms with Gasteiger partial charge in [-0.3, -0.25) is 0 Å². The third-order valence-electron chi connectivity index (χ3n) is 7.92. The van der Waals surface area contributed by atoms with E-state index in [1.165, 1.54) is 33.4 Å². The van der Waals surface area contributed by atoms with Crippen LogP contribution < -0.4 is 5.46 Å². The fraction of sp³-hybridized carbons (Fsp3) is 0.0323. The van der Waals surface area contributed by atoms with Gasteiger partial charge in [0.05, 0.1) is 5.41 Å². The second-order valence-corrected chi connectivity index (χ2v) is 9.45. The summed E-state index contributed by atoms with van der Waals surface area (Å²) in [4.78, 5) is 0. The van der Waals surface area contributed by atoms with Gasteiger partial charge in [-0.2, -0.15) is 0 Å². The highest BCUT2D eigenvalue weighted by Crippen LogP contribution is 2.64. The van der Waals surface area contributed by atoms with Gasteiger partial charge in [-0.25, -0.2) is 0 Å². The molecular weight excluding hydrogens is 431 g/mol. The lowest BCUT2D eigenvalue weighted by atomic mass is 9.70. The normalized spacial score (nSPS) is 14.2. The van der Waals surface area contributed by atoms with E-state index < -0.39 is 12.5 Å². The van der Waals surface area contributed by atoms with Crippen LogP contribution in [0.15, 0.2) is 108 Å². The standard InChI is InChI=1S/C31H19BO3/c33-32(34)27-15-7-11-22-23-17-16-21-20-10-3-6-14-26(20)31(28(21)30(23)35-29(22)27)24-12-4-1-8-18(24)19-9-2-5-13-25(19)31/h1-17,33-34H. The molecule has 0 fully saturated rings. The van der Waals surface area contributed by atoms with Crippen molar-refractivity contribution < 1.29 is 14.5 Å². The van der Waals surface area contributed by atoms with Gasteiger partial charge in [0, 0.05) is 21.8 Å². The Morgan fingerprint density at radius 1 is 0.514 bits per heavy atom. The van der Waals surface area contributed by atoms with Crippen LogP contribution in [-0.2, 0) is 5.41 Å². The fourth-order valence-electron chi connectivity index (χ4n) is 6.66. The summed E-state index contributed by atoms with van der Waals surface area (Å²) in [6.45, 7) is 0. The summed E-state index contributed by atoms with van der Waals surface area (Å²) < 4.78 is 6.62. The molecule has 6 aromatic rings. The molecule has 0 aliphatic heterocycles. The summed E-state index contributed by atoms with van der Waals surface area (Å²) in [7, 11) is -1.61. The molecule has 2 N–H and O–H groups in total. The Labute approximate surface area is 202 Å². The molecule has 4 heteroatoms. The Morgan fingerprint density at radius 3 is 1.66 bits per heavy atom. The van der Waals surface area contributed by atoms with E-state index >= 15 is 0 Å². The molecule has 1 spiro atoms. The van der Waals surface area contributed by atoms with Crippen LogP contribution >= 0.6 is 0 Å². The van der Waals surface area contributed by atoms with Gasteiger partial charge in [0.15, 0.2) is 0 Å². The molecule has 1 aromatic heterocycles. The van der Waals surface area contributed by atoms with E-state index in [9.17, 15) is 10.0 Å². The number of para-hydroxylation sites is 1. The largest absolute Gasteiger partial charge is 0.492 e. The van der Waals surface area contributed by atoms with Crippen molar-refractivity contribution in [3.63, 3.8) is 0 Å². The van der Waals surface area contributed by atoms with Crippen molar-refractivity contribution in [2.75, 3.05) is 0 Å². The highest BCUT2D eigenvalue weighted by Gasteiger charge is 2.53. The maximum Gasteiger partial charge on any atom is 0.492 e. The molecule has 0 bridgehead atoms. The van der Waals surface area contributed by atoms with E-state index in [-0.39, 0.29) is 0 Å². The topological polar surface area (TPSA) is 53.6 Å². The molecule has 0 saturated heterocycles. The van der Waals surface area contributed by atoms with Gasteiger partial charge in [-0.15, -0.1) is 0 Å². The molecule has 164 valence electrons. The monoisotopic (exact) mass is 450 g/mol. The average molecular weight is 450 g/mol. The van der Waals surface area contributed by atoms with Crippen LogP contribution in [0, 0.1) is 0 Å². The van der Waals surface area contributed by atoms with E-state index in [4.69, 9.17) is 4.42 Å². The van der Waals surface area contributed by atoms with Gasteiger partial charge in [-0.1, -0.05) is 97.1 Å². The first kappa shape index (κ1) is 19.2. The summed E-state index contributed by atoms with van der Waals surface area (Å²) in [5.41, 5.74) is 10.9. The van der Waals surface area contributed by atoms with E-state index in [1.807, 2.05) is 12.1 Å². The van der Waals surface area contributed by atoms with Crippen molar-refractivity contribution in [3.8, 4) is 22.3 Å². The maximum absolute atomic E-state index is 10.0. The summed E-state index contributed by atoms with van der Waals surface area (Å²) in [6.07, 6.45) is 0. The molecule has 2 aliphatic carbocycles. The van der Waals surface area contributed by atoms with Gasteiger partial charge in [0.1, 0.15) is 11.2 Å². The Hall–Kier alpha value is -4.12. The molecule has 0 saturated carbocycles. The van der Waals surface area contributed by atoms with Gasteiger partial charge in [0.25, 0.3) is 0 Å². The lowest BCUT2D eigenvalue weighted by Crippen LogP contribution is -2.30. The number of fused-ring (bicyclic) bond motifs is 14.